The summed E-state index contributed by atoms with van der Waals surface area (Å²) in [5, 5.41) is -0.267. The molecular formula is C47H86O8Si5. The van der Waals surface area contributed by atoms with E-state index in [4.69, 9.17) is 36.3 Å². The third-order valence-corrected chi connectivity index (χ3v) is 37.1. The lowest BCUT2D eigenvalue weighted by molar-refractivity contribution is -0.254. The van der Waals surface area contributed by atoms with Crippen LogP contribution in [0.4, 0.5) is 0 Å². The zero-order chi connectivity index (χ0) is 46.3. The first-order valence-corrected chi connectivity index (χ1v) is 36.8. The Morgan fingerprint density at radius 2 is 0.933 bits per heavy atom. The van der Waals surface area contributed by atoms with Crippen LogP contribution in [-0.4, -0.2) is 60.9 Å². The van der Waals surface area contributed by atoms with Crippen molar-refractivity contribution in [2.75, 3.05) is 13.2 Å². The Morgan fingerprint density at radius 1 is 0.500 bits per heavy atom. The first-order chi connectivity index (χ1) is 26.6. The van der Waals surface area contributed by atoms with Gasteiger partial charge in [0.25, 0.3) is 22.4 Å². The molecule has 4 rings (SSSR count). The van der Waals surface area contributed by atoms with Crippen molar-refractivity contribution in [1.29, 1.82) is 0 Å². The molecule has 0 unspecified atom stereocenters. The van der Waals surface area contributed by atoms with E-state index in [1.807, 2.05) is 6.07 Å². The fourth-order valence-electron chi connectivity index (χ4n) is 5.87. The maximum Gasteiger partial charge on any atom is 0.265 e. The minimum atomic E-state index is -2.51. The lowest BCUT2D eigenvalue weighted by atomic mass is 9.88. The highest BCUT2D eigenvalue weighted by molar-refractivity contribution is 6.76. The molecule has 2 aromatic carbocycles. The van der Waals surface area contributed by atoms with Gasteiger partial charge in [0, 0.05) is 17.7 Å². The zero-order valence-corrected chi connectivity index (χ0v) is 47.7. The summed E-state index contributed by atoms with van der Waals surface area (Å²) in [6, 6.07) is 10.4. The molecule has 2 heterocycles. The highest BCUT2D eigenvalue weighted by Crippen LogP contribution is 2.58. The van der Waals surface area contributed by atoms with E-state index in [9.17, 15) is 0 Å². The van der Waals surface area contributed by atoms with Gasteiger partial charge in [-0.2, -0.15) is 0 Å². The van der Waals surface area contributed by atoms with Gasteiger partial charge >= 0.3 is 0 Å². The molecule has 0 amide bonds. The van der Waals surface area contributed by atoms with Crippen molar-refractivity contribution in [1.82, 2.24) is 0 Å². The standard InChI is InChI=1S/C47H86O8Si5/c1-42(2,3)56(16,17)51-34-31-37-39(38(32-34)54-59(22,23)45(10,11)12)40-41(55-60(24,25)46(13,14)15)47(50-37,49-29-28-48-40)33-26-27-35(52-57(18,19)43(4,5)6)36(30-33)53-58(20,21)44(7,8)9/h26-27,30-32,40-41H,28-29H2,1-25H3/t40-,41+,47+/m0/s1. The molecule has 342 valence electrons. The Bertz CT molecular complexity index is 1850. The van der Waals surface area contributed by atoms with Crippen LogP contribution < -0.4 is 22.4 Å². The van der Waals surface area contributed by atoms with Gasteiger partial charge in [-0.25, -0.2) is 0 Å². The molecule has 2 bridgehead atoms. The van der Waals surface area contributed by atoms with Gasteiger partial charge in [-0.3, -0.25) is 0 Å². The molecule has 1 fully saturated rings. The number of hydrogen-bond donors (Lipinski definition) is 0. The van der Waals surface area contributed by atoms with Crippen LogP contribution in [0.2, 0.25) is 90.7 Å². The predicted molar refractivity (Wildman–Crippen MR) is 263 cm³/mol. The van der Waals surface area contributed by atoms with Crippen LogP contribution in [0.3, 0.4) is 0 Å². The normalized spacial score (nSPS) is 21.4. The van der Waals surface area contributed by atoms with Crippen molar-refractivity contribution in [2.24, 2.45) is 0 Å². The van der Waals surface area contributed by atoms with E-state index in [-0.39, 0.29) is 25.2 Å². The van der Waals surface area contributed by atoms with Crippen molar-refractivity contribution in [3.8, 4) is 28.7 Å². The second-order valence-corrected chi connectivity index (χ2v) is 48.8. The Kier molecular flexibility index (Phi) is 13.7. The van der Waals surface area contributed by atoms with Crippen molar-refractivity contribution in [3.05, 3.63) is 41.5 Å². The van der Waals surface area contributed by atoms with Crippen LogP contribution in [0.1, 0.15) is 121 Å². The summed E-state index contributed by atoms with van der Waals surface area (Å²) in [7, 11) is -11.8. The van der Waals surface area contributed by atoms with Gasteiger partial charge in [0.2, 0.25) is 16.6 Å². The van der Waals surface area contributed by atoms with Crippen LogP contribution >= 0.6 is 0 Å². The molecule has 0 spiro atoms. The monoisotopic (exact) mass is 919 g/mol. The van der Waals surface area contributed by atoms with E-state index in [2.05, 4.69) is 194 Å². The van der Waals surface area contributed by atoms with Crippen LogP contribution in [0, 0.1) is 0 Å². The summed E-state index contributed by atoms with van der Waals surface area (Å²) < 4.78 is 58.0. The lowest BCUT2D eigenvalue weighted by Gasteiger charge is -2.50. The van der Waals surface area contributed by atoms with Crippen molar-refractivity contribution in [2.45, 2.75) is 213 Å². The maximum atomic E-state index is 7.60. The molecule has 0 radical (unpaired) electrons. The fourth-order valence-corrected chi connectivity index (χ4v) is 11.2. The SMILES string of the molecule is CC(C)(C)[Si](C)(C)Oc1cc2c(c(O[Si](C)(C)C(C)(C)C)c1)[C@@H]1OCCO[C@](c3ccc(O[Si](C)(C)C(C)(C)C)c(O[Si](C)(C)C(C)(C)C)c3)(O2)[C@@H]1O[Si](C)(C)C(C)(C)C. The molecule has 2 aliphatic heterocycles. The Balaban J connectivity index is 2.13. The number of fused-ring (bicyclic) bond motifs is 4. The molecule has 2 aliphatic rings. The number of benzene rings is 2. The minimum Gasteiger partial charge on any atom is -0.543 e. The molecule has 8 nitrogen and oxygen atoms in total. The smallest absolute Gasteiger partial charge is 0.265 e. The van der Waals surface area contributed by atoms with Crippen LogP contribution in [0.25, 0.3) is 0 Å². The lowest BCUT2D eigenvalue weighted by Crippen LogP contribution is -2.58. The van der Waals surface area contributed by atoms with Crippen molar-refractivity contribution >= 4 is 41.6 Å². The predicted octanol–water partition coefficient (Wildman–Crippen LogP) is 14.9. The number of hydrogen-bond acceptors (Lipinski definition) is 8. The molecule has 0 aromatic heterocycles. The molecule has 0 saturated carbocycles. The highest BCUT2D eigenvalue weighted by Gasteiger charge is 2.60. The van der Waals surface area contributed by atoms with Gasteiger partial charge < -0.3 is 36.3 Å². The third kappa shape index (κ3) is 10.2. The van der Waals surface area contributed by atoms with Gasteiger partial charge in [-0.1, -0.05) is 104 Å². The first kappa shape index (κ1) is 51.0. The second-order valence-electron chi connectivity index (χ2n) is 25.2. The van der Waals surface area contributed by atoms with Gasteiger partial charge in [0.1, 0.15) is 41.0 Å². The van der Waals surface area contributed by atoms with Crippen LogP contribution in [0.5, 0.6) is 28.7 Å². The summed E-state index contributed by atoms with van der Waals surface area (Å²) in [4.78, 5) is 0. The molecule has 3 atom stereocenters. The third-order valence-electron chi connectivity index (χ3n) is 15.2. The van der Waals surface area contributed by atoms with E-state index in [1.165, 1.54) is 0 Å². The molecular weight excluding hydrogens is 833 g/mol. The van der Waals surface area contributed by atoms with E-state index >= 15 is 0 Å². The molecule has 1 saturated heterocycles. The summed E-state index contributed by atoms with van der Waals surface area (Å²) in [5.41, 5.74) is 1.65. The molecule has 2 aromatic rings. The van der Waals surface area contributed by atoms with Crippen molar-refractivity contribution in [3.63, 3.8) is 0 Å². The van der Waals surface area contributed by atoms with Crippen LogP contribution in [0.15, 0.2) is 30.3 Å². The topological polar surface area (TPSA) is 73.8 Å². The molecule has 0 N–H and O–H groups in total. The quantitative estimate of drug-likeness (QED) is 0.206. The van der Waals surface area contributed by atoms with E-state index in [0.717, 1.165) is 28.4 Å². The fraction of sp³-hybridized carbons (Fsp3) is 0.745. The Morgan fingerprint density at radius 3 is 1.40 bits per heavy atom. The maximum absolute atomic E-state index is 7.60. The molecule has 0 aliphatic carbocycles. The zero-order valence-electron chi connectivity index (χ0n) is 42.7. The molecule has 60 heavy (non-hydrogen) atoms. The van der Waals surface area contributed by atoms with Gasteiger partial charge in [-0.15, -0.1) is 0 Å². The Hall–Kier alpha value is -1.60. The van der Waals surface area contributed by atoms with E-state index in [1.54, 1.807) is 0 Å². The average molecular weight is 920 g/mol. The summed E-state index contributed by atoms with van der Waals surface area (Å²) in [6.07, 6.45) is -1.25. The largest absolute Gasteiger partial charge is 0.543 e. The Labute approximate surface area is 372 Å². The van der Waals surface area contributed by atoms with E-state index < -0.39 is 59.6 Å². The highest BCUT2D eigenvalue weighted by atomic mass is 28.4. The van der Waals surface area contributed by atoms with Crippen molar-refractivity contribution < 1.29 is 36.3 Å². The van der Waals surface area contributed by atoms with Gasteiger partial charge in [0.15, 0.2) is 8.32 Å². The number of rotatable bonds is 11. The van der Waals surface area contributed by atoms with Gasteiger partial charge in [-0.05, 0) is 109 Å². The van der Waals surface area contributed by atoms with Gasteiger partial charge in [0.05, 0.1) is 18.8 Å². The summed E-state index contributed by atoms with van der Waals surface area (Å²) in [6.45, 7) is 57.5. The summed E-state index contributed by atoms with van der Waals surface area (Å²) in [5.74, 6) is 2.13. The second kappa shape index (κ2) is 16.1. The summed E-state index contributed by atoms with van der Waals surface area (Å²) >= 11 is 0. The van der Waals surface area contributed by atoms with Crippen LogP contribution in [-0.2, 0) is 19.7 Å². The average Bonchev–Trinajstić information content (AvgIpc) is 3.12. The van der Waals surface area contributed by atoms with E-state index in [0.29, 0.717) is 24.7 Å². The number of ether oxygens (including phenoxy) is 3. The minimum absolute atomic E-state index is 0.0137. The molecule has 13 heteroatoms. The first-order valence-electron chi connectivity index (χ1n) is 22.3.